The van der Waals surface area contributed by atoms with Crippen LogP contribution in [0.25, 0.3) is 0 Å². The Hall–Kier alpha value is -2.38. The number of hydrogen-bond acceptors (Lipinski definition) is 7. The van der Waals surface area contributed by atoms with E-state index in [-0.39, 0.29) is 30.8 Å². The van der Waals surface area contributed by atoms with Crippen LogP contribution in [0.3, 0.4) is 0 Å². The van der Waals surface area contributed by atoms with Crippen molar-refractivity contribution in [3.05, 3.63) is 12.4 Å². The van der Waals surface area contributed by atoms with E-state index >= 15 is 0 Å². The van der Waals surface area contributed by atoms with Crippen LogP contribution < -0.4 is 9.64 Å². The predicted molar refractivity (Wildman–Crippen MR) is 92.5 cm³/mol. The normalized spacial score (nSPS) is 17.1. The van der Waals surface area contributed by atoms with Crippen molar-refractivity contribution < 1.29 is 19.1 Å². The van der Waals surface area contributed by atoms with Crippen LogP contribution in [-0.2, 0) is 14.3 Å². The summed E-state index contributed by atoms with van der Waals surface area (Å²) in [6.45, 7) is 3.26. The molecule has 0 radical (unpaired) electrons. The average Bonchev–Trinajstić information content (AvgIpc) is 2.60. The highest BCUT2D eigenvalue weighted by molar-refractivity contribution is 5.81. The summed E-state index contributed by atoms with van der Waals surface area (Å²) in [7, 11) is 3.76. The van der Waals surface area contributed by atoms with Crippen molar-refractivity contribution in [2.24, 2.45) is 0 Å². The molecule has 2 rings (SSSR count). The third-order valence-electron chi connectivity index (χ3n) is 3.93. The Labute approximate surface area is 148 Å². The fourth-order valence-electron chi connectivity index (χ4n) is 2.73. The number of nitrogens with zero attached hydrogens (tertiary/aromatic N) is 4. The Morgan fingerprint density at radius 3 is 2.76 bits per heavy atom. The van der Waals surface area contributed by atoms with Crippen molar-refractivity contribution in [1.82, 2.24) is 14.9 Å². The van der Waals surface area contributed by atoms with Crippen LogP contribution in [0.5, 0.6) is 5.88 Å². The van der Waals surface area contributed by atoms with Crippen LogP contribution in [0.2, 0.25) is 0 Å². The number of hydrogen-bond donors (Lipinski definition) is 0. The molecule has 8 nitrogen and oxygen atoms in total. The average molecular weight is 350 g/mol. The third-order valence-corrected chi connectivity index (χ3v) is 3.93. The Kier molecular flexibility index (Phi) is 6.97. The maximum Gasteiger partial charge on any atom is 0.306 e. The Bertz CT molecular complexity index is 594. The van der Waals surface area contributed by atoms with Gasteiger partial charge in [-0.15, -0.1) is 0 Å². The zero-order chi connectivity index (χ0) is 18.2. The topological polar surface area (TPSA) is 84.9 Å². The van der Waals surface area contributed by atoms with Gasteiger partial charge < -0.3 is 19.3 Å². The SMILES string of the molecule is CCOC(=O)CCC(=O)N1CCCC(Oc2nccnc2N(C)C)C1. The van der Waals surface area contributed by atoms with Crippen molar-refractivity contribution >= 4 is 17.7 Å². The Morgan fingerprint density at radius 1 is 1.28 bits per heavy atom. The van der Waals surface area contributed by atoms with Gasteiger partial charge in [-0.25, -0.2) is 9.97 Å². The van der Waals surface area contributed by atoms with Gasteiger partial charge in [-0.1, -0.05) is 0 Å². The first-order chi connectivity index (χ1) is 12.0. The summed E-state index contributed by atoms with van der Waals surface area (Å²) in [5, 5.41) is 0. The summed E-state index contributed by atoms with van der Waals surface area (Å²) in [6.07, 6.45) is 5.07. The fourth-order valence-corrected chi connectivity index (χ4v) is 2.73. The first kappa shape index (κ1) is 19.0. The number of anilines is 1. The molecule has 2 heterocycles. The van der Waals surface area contributed by atoms with Gasteiger partial charge in [-0.05, 0) is 19.8 Å². The van der Waals surface area contributed by atoms with Crippen molar-refractivity contribution in [2.45, 2.75) is 38.7 Å². The van der Waals surface area contributed by atoms with E-state index < -0.39 is 0 Å². The molecule has 25 heavy (non-hydrogen) atoms. The number of carbonyl (C=O) groups is 2. The highest BCUT2D eigenvalue weighted by Gasteiger charge is 2.26. The van der Waals surface area contributed by atoms with Crippen molar-refractivity contribution in [2.75, 3.05) is 38.7 Å². The summed E-state index contributed by atoms with van der Waals surface area (Å²) < 4.78 is 10.9. The molecule has 1 aromatic rings. The largest absolute Gasteiger partial charge is 0.470 e. The van der Waals surface area contributed by atoms with E-state index in [1.54, 1.807) is 24.2 Å². The molecule has 0 N–H and O–H groups in total. The van der Waals surface area contributed by atoms with Crippen LogP contribution >= 0.6 is 0 Å². The molecule has 0 saturated carbocycles. The van der Waals surface area contributed by atoms with Gasteiger partial charge in [0.15, 0.2) is 5.82 Å². The minimum absolute atomic E-state index is 0.0478. The Morgan fingerprint density at radius 2 is 2.04 bits per heavy atom. The first-order valence-electron chi connectivity index (χ1n) is 8.59. The van der Waals surface area contributed by atoms with Crippen LogP contribution in [0, 0.1) is 0 Å². The van der Waals surface area contributed by atoms with Gasteiger partial charge in [0.25, 0.3) is 5.88 Å². The highest BCUT2D eigenvalue weighted by Crippen LogP contribution is 2.24. The molecule has 1 aliphatic heterocycles. The molecule has 1 fully saturated rings. The van der Waals surface area contributed by atoms with E-state index in [9.17, 15) is 9.59 Å². The number of amides is 1. The van der Waals surface area contributed by atoms with Gasteiger partial charge in [0, 0.05) is 39.5 Å². The maximum absolute atomic E-state index is 12.3. The second kappa shape index (κ2) is 9.19. The van der Waals surface area contributed by atoms with Crippen LogP contribution in [0.1, 0.15) is 32.6 Å². The quantitative estimate of drug-likeness (QED) is 0.684. The predicted octanol–water partition coefficient (Wildman–Crippen LogP) is 1.26. The van der Waals surface area contributed by atoms with Crippen molar-refractivity contribution in [1.29, 1.82) is 0 Å². The van der Waals surface area contributed by atoms with Crippen LogP contribution in [-0.4, -0.2) is 66.6 Å². The standard InChI is InChI=1S/C17H26N4O4/c1-4-24-15(23)8-7-14(22)21-11-5-6-13(12-21)25-17-16(20(2)3)18-9-10-19-17/h9-10,13H,4-8,11-12H2,1-3H3. The highest BCUT2D eigenvalue weighted by atomic mass is 16.5. The molecule has 138 valence electrons. The number of rotatable bonds is 7. The van der Waals surface area contributed by atoms with Gasteiger partial charge in [0.1, 0.15) is 6.10 Å². The second-order valence-corrected chi connectivity index (χ2v) is 6.11. The molecule has 1 saturated heterocycles. The molecular weight excluding hydrogens is 324 g/mol. The van der Waals surface area contributed by atoms with Crippen LogP contribution in [0.4, 0.5) is 5.82 Å². The number of piperidine rings is 1. The molecular formula is C17H26N4O4. The lowest BCUT2D eigenvalue weighted by molar-refractivity contribution is -0.146. The fraction of sp³-hybridized carbons (Fsp3) is 0.647. The molecule has 8 heteroatoms. The first-order valence-corrected chi connectivity index (χ1v) is 8.59. The number of aromatic nitrogens is 2. The van der Waals surface area contributed by atoms with Gasteiger partial charge in [0.05, 0.1) is 19.6 Å². The molecule has 0 aromatic carbocycles. The summed E-state index contributed by atoms with van der Waals surface area (Å²) >= 11 is 0. The summed E-state index contributed by atoms with van der Waals surface area (Å²) in [5.74, 6) is 0.746. The van der Waals surface area contributed by atoms with Gasteiger partial charge in [-0.2, -0.15) is 0 Å². The van der Waals surface area contributed by atoms with E-state index in [1.807, 2.05) is 19.0 Å². The minimum atomic E-state index is -0.337. The van der Waals surface area contributed by atoms with E-state index in [4.69, 9.17) is 9.47 Å². The van der Waals surface area contributed by atoms with Crippen molar-refractivity contribution in [3.8, 4) is 5.88 Å². The summed E-state index contributed by atoms with van der Waals surface area (Å²) in [4.78, 5) is 35.8. The van der Waals surface area contributed by atoms with E-state index in [1.165, 1.54) is 0 Å². The smallest absolute Gasteiger partial charge is 0.306 e. The van der Waals surface area contributed by atoms with Gasteiger partial charge >= 0.3 is 5.97 Å². The third kappa shape index (κ3) is 5.58. The number of likely N-dealkylation sites (tertiary alicyclic amines) is 1. The molecule has 1 amide bonds. The zero-order valence-corrected chi connectivity index (χ0v) is 15.1. The van der Waals surface area contributed by atoms with E-state index in [0.717, 1.165) is 12.8 Å². The maximum atomic E-state index is 12.3. The van der Waals surface area contributed by atoms with Crippen molar-refractivity contribution in [3.63, 3.8) is 0 Å². The number of carbonyl (C=O) groups excluding carboxylic acids is 2. The molecule has 1 aliphatic rings. The molecule has 1 atom stereocenters. The van der Waals surface area contributed by atoms with E-state index in [0.29, 0.717) is 31.4 Å². The molecule has 0 aliphatic carbocycles. The molecule has 0 bridgehead atoms. The summed E-state index contributed by atoms with van der Waals surface area (Å²) in [5.41, 5.74) is 0. The second-order valence-electron chi connectivity index (χ2n) is 6.11. The lowest BCUT2D eigenvalue weighted by Crippen LogP contribution is -2.44. The monoisotopic (exact) mass is 350 g/mol. The Balaban J connectivity index is 1.90. The number of ether oxygens (including phenoxy) is 2. The van der Waals surface area contributed by atoms with Crippen LogP contribution in [0.15, 0.2) is 12.4 Å². The van der Waals surface area contributed by atoms with Gasteiger partial charge in [0.2, 0.25) is 5.91 Å². The molecule has 1 aromatic heterocycles. The lowest BCUT2D eigenvalue weighted by Gasteiger charge is -2.33. The molecule has 0 spiro atoms. The minimum Gasteiger partial charge on any atom is -0.470 e. The lowest BCUT2D eigenvalue weighted by atomic mass is 10.1. The molecule has 1 unspecified atom stereocenters. The summed E-state index contributed by atoms with van der Waals surface area (Å²) in [6, 6.07) is 0. The zero-order valence-electron chi connectivity index (χ0n) is 15.1. The number of esters is 1. The van der Waals surface area contributed by atoms with E-state index in [2.05, 4.69) is 9.97 Å². The van der Waals surface area contributed by atoms with Gasteiger partial charge in [-0.3, -0.25) is 9.59 Å².